The summed E-state index contributed by atoms with van der Waals surface area (Å²) in [5.41, 5.74) is 2.54. The second-order valence-corrected chi connectivity index (χ2v) is 6.60. The summed E-state index contributed by atoms with van der Waals surface area (Å²) in [5, 5.41) is 10.3. The molecule has 0 unspecified atom stereocenters. The molecule has 0 aliphatic rings. The Morgan fingerprint density at radius 2 is 2.08 bits per heavy atom. The average molecular weight is 372 g/mol. The Morgan fingerprint density at radius 3 is 2.77 bits per heavy atom. The van der Waals surface area contributed by atoms with Gasteiger partial charge in [-0.05, 0) is 36.9 Å². The topological polar surface area (TPSA) is 106 Å². The van der Waals surface area contributed by atoms with Crippen LogP contribution >= 0.6 is 11.3 Å². The first-order valence-electron chi connectivity index (χ1n) is 7.72. The number of carbonyl (C=O) groups excluding carboxylic acids is 2. The lowest BCUT2D eigenvalue weighted by Crippen LogP contribution is -2.38. The van der Waals surface area contributed by atoms with Gasteiger partial charge in [-0.25, -0.2) is 14.2 Å². The minimum Gasteiger partial charge on any atom is -0.307 e. The molecule has 0 aliphatic heterocycles. The van der Waals surface area contributed by atoms with Crippen LogP contribution in [0.15, 0.2) is 45.0 Å². The number of urea groups is 1. The van der Waals surface area contributed by atoms with E-state index in [-0.39, 0.29) is 12.4 Å². The van der Waals surface area contributed by atoms with Gasteiger partial charge in [-0.2, -0.15) is 0 Å². The van der Waals surface area contributed by atoms with Crippen molar-refractivity contribution in [3.8, 4) is 10.7 Å². The third-order valence-corrected chi connectivity index (χ3v) is 4.48. The molecule has 0 atom stereocenters. The maximum absolute atomic E-state index is 12.1. The zero-order chi connectivity index (χ0) is 18.7. The SMILES string of the molecule is Cc1ccc(NC(=O)NC(=O)Cn2c(-c3cccs3)noc2=O)c(C)c1. The molecule has 3 rings (SSSR count). The van der Waals surface area contributed by atoms with Crippen LogP contribution in [0, 0.1) is 13.8 Å². The van der Waals surface area contributed by atoms with Crippen molar-refractivity contribution in [3.63, 3.8) is 0 Å². The average Bonchev–Trinajstić information content (AvgIpc) is 3.21. The van der Waals surface area contributed by atoms with Gasteiger partial charge in [-0.15, -0.1) is 11.3 Å². The Hall–Kier alpha value is -3.20. The molecule has 0 bridgehead atoms. The highest BCUT2D eigenvalue weighted by atomic mass is 32.1. The van der Waals surface area contributed by atoms with Gasteiger partial charge in [0.2, 0.25) is 5.91 Å². The summed E-state index contributed by atoms with van der Waals surface area (Å²) in [6, 6.07) is 8.40. The number of rotatable bonds is 4. The van der Waals surface area contributed by atoms with Gasteiger partial charge in [0.05, 0.1) is 4.88 Å². The lowest BCUT2D eigenvalue weighted by atomic mass is 10.1. The zero-order valence-electron chi connectivity index (χ0n) is 14.1. The molecule has 3 aromatic rings. The lowest BCUT2D eigenvalue weighted by molar-refractivity contribution is -0.120. The van der Waals surface area contributed by atoms with E-state index in [0.717, 1.165) is 15.7 Å². The molecule has 0 radical (unpaired) electrons. The van der Waals surface area contributed by atoms with Crippen LogP contribution in [0.5, 0.6) is 0 Å². The van der Waals surface area contributed by atoms with Crippen LogP contribution in [0.2, 0.25) is 0 Å². The monoisotopic (exact) mass is 372 g/mol. The molecule has 0 aliphatic carbocycles. The number of hydrogen-bond donors (Lipinski definition) is 2. The quantitative estimate of drug-likeness (QED) is 0.732. The lowest BCUT2D eigenvalue weighted by Gasteiger charge is -2.10. The molecule has 26 heavy (non-hydrogen) atoms. The molecule has 0 saturated carbocycles. The second-order valence-electron chi connectivity index (χ2n) is 5.66. The van der Waals surface area contributed by atoms with Crippen LogP contribution in [-0.4, -0.2) is 21.7 Å². The van der Waals surface area contributed by atoms with Crippen molar-refractivity contribution in [3.05, 3.63) is 57.4 Å². The van der Waals surface area contributed by atoms with E-state index in [9.17, 15) is 14.4 Å². The van der Waals surface area contributed by atoms with Gasteiger partial charge in [0.1, 0.15) is 6.54 Å². The number of nitrogens with one attached hydrogen (secondary N) is 2. The largest absolute Gasteiger partial charge is 0.442 e. The number of carbonyl (C=O) groups is 2. The Labute approximate surface area is 152 Å². The maximum atomic E-state index is 12.1. The first kappa shape index (κ1) is 17.6. The fraction of sp³-hybridized carbons (Fsp3) is 0.176. The summed E-state index contributed by atoms with van der Waals surface area (Å²) in [4.78, 5) is 36.6. The van der Waals surface area contributed by atoms with Crippen molar-refractivity contribution in [1.82, 2.24) is 15.0 Å². The van der Waals surface area contributed by atoms with Crippen LogP contribution < -0.4 is 16.4 Å². The minimum atomic E-state index is -0.765. The Kier molecular flexibility index (Phi) is 4.99. The van der Waals surface area contributed by atoms with E-state index in [1.165, 1.54) is 11.3 Å². The number of nitrogens with zero attached hydrogens (tertiary/aromatic N) is 2. The maximum Gasteiger partial charge on any atom is 0.442 e. The number of amides is 3. The van der Waals surface area contributed by atoms with Crippen LogP contribution in [-0.2, 0) is 11.3 Å². The standard InChI is InChI=1S/C17H16N4O4S/c1-10-5-6-12(11(2)8-10)18-16(23)19-14(22)9-21-15(20-25-17(21)24)13-4-3-7-26-13/h3-8H,9H2,1-2H3,(H2,18,19,22,23). The molecular weight excluding hydrogens is 356 g/mol. The predicted octanol–water partition coefficient (Wildman–Crippen LogP) is 2.53. The molecule has 2 heterocycles. The molecule has 3 amide bonds. The number of thiophene rings is 1. The zero-order valence-corrected chi connectivity index (χ0v) is 14.9. The summed E-state index contributed by atoms with van der Waals surface area (Å²) in [6.45, 7) is 3.42. The smallest absolute Gasteiger partial charge is 0.307 e. The summed E-state index contributed by atoms with van der Waals surface area (Å²) in [5.74, 6) is -1.18. The third-order valence-electron chi connectivity index (χ3n) is 3.61. The first-order valence-corrected chi connectivity index (χ1v) is 8.60. The van der Waals surface area contributed by atoms with Crippen molar-refractivity contribution >= 4 is 29.0 Å². The van der Waals surface area contributed by atoms with Crippen molar-refractivity contribution in [1.29, 1.82) is 0 Å². The Morgan fingerprint density at radius 1 is 1.27 bits per heavy atom. The summed E-state index contributed by atoms with van der Waals surface area (Å²) < 4.78 is 5.71. The Balaban J connectivity index is 1.67. The van der Waals surface area contributed by atoms with Crippen molar-refractivity contribution < 1.29 is 14.1 Å². The minimum absolute atomic E-state index is 0.245. The van der Waals surface area contributed by atoms with Crippen LogP contribution in [0.25, 0.3) is 10.7 Å². The molecule has 0 fully saturated rings. The Bertz CT molecular complexity index is 1000. The van der Waals surface area contributed by atoms with Gasteiger partial charge < -0.3 is 5.32 Å². The number of aryl methyl sites for hydroxylation is 2. The van der Waals surface area contributed by atoms with Crippen molar-refractivity contribution in [2.75, 3.05) is 5.32 Å². The normalized spacial score (nSPS) is 10.5. The fourth-order valence-corrected chi connectivity index (χ4v) is 3.12. The van der Waals surface area contributed by atoms with Crippen LogP contribution in [0.1, 0.15) is 11.1 Å². The van der Waals surface area contributed by atoms with E-state index in [1.807, 2.05) is 31.4 Å². The molecule has 1 aromatic carbocycles. The van der Waals surface area contributed by atoms with E-state index >= 15 is 0 Å². The molecule has 2 aromatic heterocycles. The molecular formula is C17H16N4O4S. The van der Waals surface area contributed by atoms with Crippen molar-refractivity contribution in [2.24, 2.45) is 0 Å². The third kappa shape index (κ3) is 3.89. The van der Waals surface area contributed by atoms with E-state index < -0.39 is 17.7 Å². The van der Waals surface area contributed by atoms with E-state index in [4.69, 9.17) is 0 Å². The van der Waals surface area contributed by atoms with Gasteiger partial charge in [0.25, 0.3) is 0 Å². The summed E-state index contributed by atoms with van der Waals surface area (Å²) in [7, 11) is 0. The van der Waals surface area contributed by atoms with Crippen LogP contribution in [0.3, 0.4) is 0 Å². The second kappa shape index (κ2) is 7.36. The molecule has 0 spiro atoms. The number of imide groups is 1. The van der Waals surface area contributed by atoms with Crippen LogP contribution in [0.4, 0.5) is 10.5 Å². The number of benzene rings is 1. The van der Waals surface area contributed by atoms with Gasteiger partial charge >= 0.3 is 11.8 Å². The van der Waals surface area contributed by atoms with Crippen molar-refractivity contribution in [2.45, 2.75) is 20.4 Å². The molecule has 0 saturated heterocycles. The van der Waals surface area contributed by atoms with E-state index in [2.05, 4.69) is 20.3 Å². The summed E-state index contributed by atoms with van der Waals surface area (Å²) >= 11 is 1.36. The molecule has 134 valence electrons. The van der Waals surface area contributed by atoms with Gasteiger partial charge in [-0.1, -0.05) is 28.9 Å². The van der Waals surface area contributed by atoms with Gasteiger partial charge in [-0.3, -0.25) is 14.6 Å². The molecule has 8 nitrogen and oxygen atoms in total. The number of anilines is 1. The molecule has 2 N–H and O–H groups in total. The summed E-state index contributed by atoms with van der Waals surface area (Å²) in [6.07, 6.45) is 0. The van der Waals surface area contributed by atoms with Gasteiger partial charge in [0, 0.05) is 5.69 Å². The predicted molar refractivity (Wildman–Crippen MR) is 97.2 cm³/mol. The number of hydrogen-bond acceptors (Lipinski definition) is 6. The highest BCUT2D eigenvalue weighted by Crippen LogP contribution is 2.21. The fourth-order valence-electron chi connectivity index (χ4n) is 2.41. The first-order chi connectivity index (χ1) is 12.4. The van der Waals surface area contributed by atoms with E-state index in [0.29, 0.717) is 10.6 Å². The number of aromatic nitrogens is 2. The highest BCUT2D eigenvalue weighted by molar-refractivity contribution is 7.13. The van der Waals surface area contributed by atoms with Gasteiger partial charge in [0.15, 0.2) is 5.82 Å². The highest BCUT2D eigenvalue weighted by Gasteiger charge is 2.18. The van der Waals surface area contributed by atoms with E-state index in [1.54, 1.807) is 18.2 Å². The molecule has 9 heteroatoms.